The van der Waals surface area contributed by atoms with Gasteiger partial charge in [-0.05, 0) is 42.5 Å². The monoisotopic (exact) mass is 332 g/mol. The second kappa shape index (κ2) is 6.62. The highest BCUT2D eigenvalue weighted by molar-refractivity contribution is 7.80. The molecule has 0 atom stereocenters. The Kier molecular flexibility index (Phi) is 4.38. The second-order valence-corrected chi connectivity index (χ2v) is 5.19. The van der Waals surface area contributed by atoms with Crippen molar-refractivity contribution >= 4 is 28.9 Å². The Balaban J connectivity index is 1.64. The van der Waals surface area contributed by atoms with Crippen LogP contribution in [0.2, 0.25) is 0 Å². The summed E-state index contributed by atoms with van der Waals surface area (Å²) < 4.78 is 24.0. The molecule has 1 heterocycles. The van der Waals surface area contributed by atoms with Crippen LogP contribution in [0.4, 0.5) is 10.1 Å². The fraction of sp³-hybridized carbons (Fsp3) is 0.125. The average Bonchev–Trinajstić information content (AvgIpc) is 2.54. The molecule has 0 bridgehead atoms. The van der Waals surface area contributed by atoms with Gasteiger partial charge in [0.05, 0.1) is 0 Å². The minimum Gasteiger partial charge on any atom is -0.486 e. The number of carbonyl (C=O) groups is 1. The molecule has 118 valence electrons. The predicted molar refractivity (Wildman–Crippen MR) is 87.5 cm³/mol. The van der Waals surface area contributed by atoms with Gasteiger partial charge in [-0.3, -0.25) is 10.1 Å². The lowest BCUT2D eigenvalue weighted by Gasteiger charge is -2.19. The number of hydrogen-bond donors (Lipinski definition) is 2. The first kappa shape index (κ1) is 15.2. The van der Waals surface area contributed by atoms with E-state index in [1.54, 1.807) is 18.2 Å². The van der Waals surface area contributed by atoms with Gasteiger partial charge in [0.2, 0.25) is 0 Å². The molecule has 1 aliphatic rings. The van der Waals surface area contributed by atoms with Crippen molar-refractivity contribution in [2.75, 3.05) is 18.5 Å². The molecular formula is C16H13FN2O3S. The summed E-state index contributed by atoms with van der Waals surface area (Å²) in [6.45, 7) is 0.999. The minimum atomic E-state index is -0.487. The Morgan fingerprint density at radius 3 is 2.65 bits per heavy atom. The molecular weight excluding hydrogens is 319 g/mol. The standard InChI is InChI=1S/C16H13FN2O3S/c17-11-3-1-2-10(8-11)15(20)19-16(23)18-12-4-5-13-14(9-12)22-7-6-21-13/h1-5,8-9H,6-7H2,(H2,18,19,20,23). The van der Waals surface area contributed by atoms with Crippen LogP contribution >= 0.6 is 12.2 Å². The highest BCUT2D eigenvalue weighted by Crippen LogP contribution is 2.32. The quantitative estimate of drug-likeness (QED) is 0.828. The van der Waals surface area contributed by atoms with Crippen LogP contribution in [0.5, 0.6) is 11.5 Å². The number of hydrogen-bond acceptors (Lipinski definition) is 4. The molecule has 23 heavy (non-hydrogen) atoms. The molecule has 0 saturated carbocycles. The normalized spacial score (nSPS) is 12.4. The van der Waals surface area contributed by atoms with Crippen molar-refractivity contribution < 1.29 is 18.7 Å². The Hall–Kier alpha value is -2.67. The topological polar surface area (TPSA) is 59.6 Å². The summed E-state index contributed by atoms with van der Waals surface area (Å²) in [4.78, 5) is 12.0. The smallest absolute Gasteiger partial charge is 0.257 e. The number of anilines is 1. The predicted octanol–water partition coefficient (Wildman–Crippen LogP) is 2.72. The van der Waals surface area contributed by atoms with Gasteiger partial charge in [0.15, 0.2) is 16.6 Å². The van der Waals surface area contributed by atoms with Crippen LogP contribution in [0.3, 0.4) is 0 Å². The van der Waals surface area contributed by atoms with E-state index in [0.29, 0.717) is 30.4 Å². The fourth-order valence-corrected chi connectivity index (χ4v) is 2.30. The summed E-state index contributed by atoms with van der Waals surface area (Å²) in [5.74, 6) is 0.305. The van der Waals surface area contributed by atoms with Crippen molar-refractivity contribution in [1.82, 2.24) is 5.32 Å². The molecule has 3 rings (SSSR count). The average molecular weight is 332 g/mol. The zero-order valence-electron chi connectivity index (χ0n) is 12.0. The zero-order valence-corrected chi connectivity index (χ0v) is 12.8. The van der Waals surface area contributed by atoms with E-state index in [1.807, 2.05) is 0 Å². The van der Waals surface area contributed by atoms with Crippen LogP contribution in [-0.4, -0.2) is 24.2 Å². The van der Waals surface area contributed by atoms with Gasteiger partial charge in [-0.15, -0.1) is 0 Å². The van der Waals surface area contributed by atoms with E-state index in [0.717, 1.165) is 6.07 Å². The number of nitrogens with one attached hydrogen (secondary N) is 2. The molecule has 1 aliphatic heterocycles. The first-order valence-electron chi connectivity index (χ1n) is 6.89. The number of benzene rings is 2. The van der Waals surface area contributed by atoms with E-state index in [-0.39, 0.29) is 10.7 Å². The van der Waals surface area contributed by atoms with Gasteiger partial charge < -0.3 is 14.8 Å². The van der Waals surface area contributed by atoms with Crippen molar-refractivity contribution in [3.05, 3.63) is 53.8 Å². The Labute approximate surface area is 137 Å². The summed E-state index contributed by atoms with van der Waals surface area (Å²) in [5.41, 5.74) is 0.843. The maximum Gasteiger partial charge on any atom is 0.257 e. The maximum atomic E-state index is 13.1. The number of carbonyl (C=O) groups excluding carboxylic acids is 1. The van der Waals surface area contributed by atoms with Gasteiger partial charge in [0.1, 0.15) is 19.0 Å². The molecule has 0 aliphatic carbocycles. The van der Waals surface area contributed by atoms with E-state index in [9.17, 15) is 9.18 Å². The van der Waals surface area contributed by atoms with Gasteiger partial charge in [-0.2, -0.15) is 0 Å². The van der Waals surface area contributed by atoms with Gasteiger partial charge in [0.25, 0.3) is 5.91 Å². The summed E-state index contributed by atoms with van der Waals surface area (Å²) in [6.07, 6.45) is 0. The number of fused-ring (bicyclic) bond motifs is 1. The summed E-state index contributed by atoms with van der Waals surface area (Å²) in [5, 5.41) is 5.48. The molecule has 1 amide bonds. The van der Waals surface area contributed by atoms with Crippen LogP contribution in [0.25, 0.3) is 0 Å². The SMILES string of the molecule is O=C(NC(=S)Nc1ccc2c(c1)OCCO2)c1cccc(F)c1. The van der Waals surface area contributed by atoms with Crippen molar-refractivity contribution in [2.24, 2.45) is 0 Å². The number of ether oxygens (including phenoxy) is 2. The summed E-state index contributed by atoms with van der Waals surface area (Å²) in [7, 11) is 0. The van der Waals surface area contributed by atoms with Gasteiger partial charge in [0, 0.05) is 17.3 Å². The van der Waals surface area contributed by atoms with Crippen LogP contribution in [0.15, 0.2) is 42.5 Å². The summed E-state index contributed by atoms with van der Waals surface area (Å²) in [6, 6.07) is 10.6. The van der Waals surface area contributed by atoms with E-state index >= 15 is 0 Å². The molecule has 0 saturated heterocycles. The van der Waals surface area contributed by atoms with Crippen molar-refractivity contribution in [3.63, 3.8) is 0 Å². The third kappa shape index (κ3) is 3.75. The van der Waals surface area contributed by atoms with E-state index in [4.69, 9.17) is 21.7 Å². The Morgan fingerprint density at radius 1 is 1.09 bits per heavy atom. The fourth-order valence-electron chi connectivity index (χ4n) is 2.09. The molecule has 0 aromatic heterocycles. The van der Waals surface area contributed by atoms with Crippen LogP contribution in [0.1, 0.15) is 10.4 Å². The van der Waals surface area contributed by atoms with Crippen LogP contribution in [0, 0.1) is 5.82 Å². The van der Waals surface area contributed by atoms with Gasteiger partial charge >= 0.3 is 0 Å². The molecule has 2 aromatic rings. The highest BCUT2D eigenvalue weighted by Gasteiger charge is 2.13. The molecule has 2 aromatic carbocycles. The minimum absolute atomic E-state index is 0.107. The number of rotatable bonds is 2. The van der Waals surface area contributed by atoms with Crippen molar-refractivity contribution in [2.45, 2.75) is 0 Å². The van der Waals surface area contributed by atoms with Gasteiger partial charge in [-0.1, -0.05) is 6.07 Å². The Morgan fingerprint density at radius 2 is 1.87 bits per heavy atom. The second-order valence-electron chi connectivity index (χ2n) is 4.78. The van der Waals surface area contributed by atoms with Crippen molar-refractivity contribution in [3.8, 4) is 11.5 Å². The largest absolute Gasteiger partial charge is 0.486 e. The van der Waals surface area contributed by atoms with Crippen LogP contribution < -0.4 is 20.1 Å². The Bertz CT molecular complexity index is 767. The number of halogens is 1. The third-order valence-corrected chi connectivity index (χ3v) is 3.32. The molecule has 0 fully saturated rings. The van der Waals surface area contributed by atoms with Crippen LogP contribution in [-0.2, 0) is 0 Å². The molecule has 0 unspecified atom stereocenters. The van der Waals surface area contributed by atoms with E-state index in [1.165, 1.54) is 18.2 Å². The first-order valence-corrected chi connectivity index (χ1v) is 7.30. The first-order chi connectivity index (χ1) is 11.1. The van der Waals surface area contributed by atoms with Crippen molar-refractivity contribution in [1.29, 1.82) is 0 Å². The lowest BCUT2D eigenvalue weighted by Crippen LogP contribution is -2.34. The number of amides is 1. The zero-order chi connectivity index (χ0) is 16.2. The lowest BCUT2D eigenvalue weighted by molar-refractivity contribution is 0.0977. The highest BCUT2D eigenvalue weighted by atomic mass is 32.1. The molecule has 5 nitrogen and oxygen atoms in total. The third-order valence-electron chi connectivity index (χ3n) is 3.11. The van der Waals surface area contributed by atoms with Gasteiger partial charge in [-0.25, -0.2) is 4.39 Å². The molecule has 0 radical (unpaired) electrons. The summed E-state index contributed by atoms with van der Waals surface area (Å²) >= 11 is 5.09. The van der Waals surface area contributed by atoms with E-state index < -0.39 is 11.7 Å². The van der Waals surface area contributed by atoms with E-state index in [2.05, 4.69) is 10.6 Å². The molecule has 7 heteroatoms. The molecule has 2 N–H and O–H groups in total. The lowest BCUT2D eigenvalue weighted by atomic mass is 10.2. The molecule has 0 spiro atoms. The maximum absolute atomic E-state index is 13.1. The number of thiocarbonyl (C=S) groups is 1.